The van der Waals surface area contributed by atoms with Crippen LogP contribution in [0.1, 0.15) is 5.56 Å². The van der Waals surface area contributed by atoms with Crippen LogP contribution < -0.4 is 10.6 Å². The average Bonchev–Trinajstić information content (AvgIpc) is 3.27. The van der Waals surface area contributed by atoms with Crippen molar-refractivity contribution < 1.29 is 9.53 Å². The Morgan fingerprint density at radius 2 is 2.07 bits per heavy atom. The molecule has 1 aliphatic heterocycles. The predicted octanol–water partition coefficient (Wildman–Crippen LogP) is 1.53. The van der Waals surface area contributed by atoms with Crippen LogP contribution in [0.2, 0.25) is 0 Å². The van der Waals surface area contributed by atoms with Crippen LogP contribution in [-0.2, 0) is 11.8 Å². The number of nitrogens with two attached hydrogens (primary N) is 1. The maximum absolute atomic E-state index is 12.0. The van der Waals surface area contributed by atoms with Gasteiger partial charge in [-0.1, -0.05) is 12.1 Å². The fraction of sp³-hybridized carbons (Fsp3) is 0.278. The van der Waals surface area contributed by atoms with Gasteiger partial charge in [0.25, 0.3) is 0 Å². The molecule has 3 heterocycles. The van der Waals surface area contributed by atoms with Crippen LogP contribution >= 0.6 is 0 Å². The largest absolute Gasteiger partial charge is 0.443 e. The molecule has 0 bridgehead atoms. The number of carbonyl (C=O) groups is 1. The Labute approximate surface area is 155 Å². The highest BCUT2D eigenvalue weighted by Crippen LogP contribution is 2.30. The van der Waals surface area contributed by atoms with Crippen molar-refractivity contribution in [2.45, 2.75) is 13.0 Å². The number of anilines is 1. The molecule has 9 heteroatoms. The topological polar surface area (TPSA) is 112 Å². The first-order valence-corrected chi connectivity index (χ1v) is 8.55. The lowest BCUT2D eigenvalue weighted by atomic mass is 10.0. The molecule has 3 aromatic rings. The summed E-state index contributed by atoms with van der Waals surface area (Å²) >= 11 is 0. The van der Waals surface area contributed by atoms with E-state index in [4.69, 9.17) is 10.5 Å². The third-order valence-corrected chi connectivity index (χ3v) is 4.46. The number of hydrogen-bond donors (Lipinski definition) is 1. The zero-order valence-corrected chi connectivity index (χ0v) is 15.0. The number of aryl methyl sites for hydroxylation is 2. The van der Waals surface area contributed by atoms with Crippen molar-refractivity contribution in [3.8, 4) is 22.6 Å². The van der Waals surface area contributed by atoms with E-state index in [-0.39, 0.29) is 12.2 Å². The number of amides is 1. The summed E-state index contributed by atoms with van der Waals surface area (Å²) in [5.74, 6) is 0.484. The molecule has 0 saturated carbocycles. The van der Waals surface area contributed by atoms with Crippen LogP contribution in [0.5, 0.6) is 0 Å². The minimum atomic E-state index is -0.358. The van der Waals surface area contributed by atoms with Crippen LogP contribution in [0.25, 0.3) is 22.6 Å². The average molecular weight is 365 g/mol. The van der Waals surface area contributed by atoms with Gasteiger partial charge in [0.15, 0.2) is 0 Å². The minimum absolute atomic E-state index is 0.261. The highest BCUT2D eigenvalue weighted by molar-refractivity contribution is 5.91. The van der Waals surface area contributed by atoms with E-state index in [1.807, 2.05) is 37.3 Å². The van der Waals surface area contributed by atoms with Crippen LogP contribution in [0, 0.1) is 6.92 Å². The van der Waals surface area contributed by atoms with E-state index in [1.165, 1.54) is 4.80 Å². The fourth-order valence-corrected chi connectivity index (χ4v) is 3.06. The molecule has 0 radical (unpaired) electrons. The molecule has 9 nitrogen and oxygen atoms in total. The molecular formula is C18H19N7O2. The number of pyridine rings is 1. The summed E-state index contributed by atoms with van der Waals surface area (Å²) < 4.78 is 5.24. The molecule has 2 N–H and O–H groups in total. The molecule has 27 heavy (non-hydrogen) atoms. The van der Waals surface area contributed by atoms with Gasteiger partial charge in [-0.2, -0.15) is 4.80 Å². The van der Waals surface area contributed by atoms with E-state index in [1.54, 1.807) is 18.1 Å². The molecule has 1 atom stereocenters. The smallest absolute Gasteiger partial charge is 0.414 e. The van der Waals surface area contributed by atoms with Gasteiger partial charge in [0.1, 0.15) is 11.8 Å². The van der Waals surface area contributed by atoms with Crippen molar-refractivity contribution in [1.29, 1.82) is 0 Å². The molecule has 1 aliphatic rings. The molecule has 1 fully saturated rings. The maximum Gasteiger partial charge on any atom is 0.414 e. The normalized spacial score (nSPS) is 16.6. The number of rotatable bonds is 4. The minimum Gasteiger partial charge on any atom is -0.443 e. The number of hydrogen-bond acceptors (Lipinski definition) is 7. The number of cyclic esters (lactones) is 1. The highest BCUT2D eigenvalue weighted by Gasteiger charge is 2.32. The summed E-state index contributed by atoms with van der Waals surface area (Å²) in [5.41, 5.74) is 10.0. The van der Waals surface area contributed by atoms with Crippen molar-refractivity contribution in [2.24, 2.45) is 12.8 Å². The first-order chi connectivity index (χ1) is 13.0. The van der Waals surface area contributed by atoms with Gasteiger partial charge in [-0.15, -0.1) is 10.2 Å². The molecule has 4 rings (SSSR count). The Bertz CT molecular complexity index is 984. The Morgan fingerprint density at radius 1 is 1.26 bits per heavy atom. The van der Waals surface area contributed by atoms with Crippen molar-refractivity contribution in [2.75, 3.05) is 18.0 Å². The molecule has 1 aromatic carbocycles. The van der Waals surface area contributed by atoms with Gasteiger partial charge < -0.3 is 10.5 Å². The quantitative estimate of drug-likeness (QED) is 0.746. The third-order valence-electron chi connectivity index (χ3n) is 4.46. The van der Waals surface area contributed by atoms with Crippen LogP contribution in [0.4, 0.5) is 10.5 Å². The zero-order valence-electron chi connectivity index (χ0n) is 15.0. The van der Waals surface area contributed by atoms with E-state index in [9.17, 15) is 4.79 Å². The van der Waals surface area contributed by atoms with Gasteiger partial charge in [0.05, 0.1) is 19.3 Å². The second-order valence-corrected chi connectivity index (χ2v) is 6.39. The van der Waals surface area contributed by atoms with E-state index >= 15 is 0 Å². The van der Waals surface area contributed by atoms with Crippen molar-refractivity contribution in [3.05, 3.63) is 42.1 Å². The molecule has 1 saturated heterocycles. The molecule has 0 aliphatic carbocycles. The van der Waals surface area contributed by atoms with E-state index in [0.717, 1.165) is 22.4 Å². The fourth-order valence-electron chi connectivity index (χ4n) is 3.06. The van der Waals surface area contributed by atoms with Gasteiger partial charge in [-0.3, -0.25) is 9.88 Å². The van der Waals surface area contributed by atoms with Gasteiger partial charge in [0.2, 0.25) is 5.82 Å². The third kappa shape index (κ3) is 3.24. The van der Waals surface area contributed by atoms with Gasteiger partial charge in [-0.05, 0) is 41.5 Å². The summed E-state index contributed by atoms with van der Waals surface area (Å²) in [7, 11) is 1.71. The molecular weight excluding hydrogens is 346 g/mol. The standard InChI is InChI=1S/C18H19N7O2/c1-11-7-12(4-6-16(11)25-10-14(8-19)27-18(25)26)13-3-5-15(20-9-13)17-21-23-24(2)22-17/h3-7,9,14H,8,10,19H2,1-2H3/t14-/m0/s1. The van der Waals surface area contributed by atoms with Gasteiger partial charge >= 0.3 is 6.09 Å². The molecule has 138 valence electrons. The summed E-state index contributed by atoms with van der Waals surface area (Å²) in [6.07, 6.45) is 1.15. The van der Waals surface area contributed by atoms with Crippen molar-refractivity contribution >= 4 is 11.8 Å². The number of nitrogens with zero attached hydrogens (tertiary/aromatic N) is 6. The van der Waals surface area contributed by atoms with Crippen LogP contribution in [0.15, 0.2) is 36.5 Å². The number of carbonyl (C=O) groups excluding carboxylic acids is 1. The van der Waals surface area contributed by atoms with Crippen LogP contribution in [0.3, 0.4) is 0 Å². The first kappa shape index (κ1) is 17.1. The SMILES string of the molecule is Cc1cc(-c2ccc(-c3nnn(C)n3)nc2)ccc1N1C[C@H](CN)OC1=O. The predicted molar refractivity (Wildman–Crippen MR) is 98.9 cm³/mol. The van der Waals surface area contributed by atoms with Crippen molar-refractivity contribution in [3.63, 3.8) is 0 Å². The van der Waals surface area contributed by atoms with E-state index in [2.05, 4.69) is 20.4 Å². The Morgan fingerprint density at radius 3 is 2.67 bits per heavy atom. The second-order valence-electron chi connectivity index (χ2n) is 6.39. The lowest BCUT2D eigenvalue weighted by Gasteiger charge is -2.16. The lowest BCUT2D eigenvalue weighted by molar-refractivity contribution is 0.145. The Hall–Kier alpha value is -3.33. The highest BCUT2D eigenvalue weighted by atomic mass is 16.6. The summed E-state index contributed by atoms with van der Waals surface area (Å²) in [4.78, 5) is 19.5. The lowest BCUT2D eigenvalue weighted by Crippen LogP contribution is -2.27. The number of aromatic nitrogens is 5. The number of ether oxygens (including phenoxy) is 1. The van der Waals surface area contributed by atoms with Gasteiger partial charge in [0, 0.05) is 18.3 Å². The van der Waals surface area contributed by atoms with E-state index in [0.29, 0.717) is 24.6 Å². The summed E-state index contributed by atoms with van der Waals surface area (Å²) in [6.45, 7) is 2.75. The Kier molecular flexibility index (Phi) is 4.28. The molecule has 0 unspecified atom stereocenters. The number of tetrazole rings is 1. The molecule has 0 spiro atoms. The zero-order chi connectivity index (χ0) is 19.0. The summed E-state index contributed by atoms with van der Waals surface area (Å²) in [6, 6.07) is 9.72. The summed E-state index contributed by atoms with van der Waals surface area (Å²) in [5, 5.41) is 11.9. The van der Waals surface area contributed by atoms with Crippen molar-refractivity contribution in [1.82, 2.24) is 25.2 Å². The van der Waals surface area contributed by atoms with Gasteiger partial charge in [-0.25, -0.2) is 4.79 Å². The molecule has 1 amide bonds. The number of benzene rings is 1. The maximum atomic E-state index is 12.0. The van der Waals surface area contributed by atoms with Crippen LogP contribution in [-0.4, -0.2) is 50.5 Å². The monoisotopic (exact) mass is 365 g/mol. The Balaban J connectivity index is 1.58. The second kappa shape index (κ2) is 6.76. The van der Waals surface area contributed by atoms with E-state index < -0.39 is 0 Å². The molecule has 2 aromatic heterocycles. The first-order valence-electron chi connectivity index (χ1n) is 8.55.